The number of nitrogens with zero attached hydrogens (tertiary/aromatic N) is 2. The minimum atomic E-state index is 0.310. The van der Waals surface area contributed by atoms with Crippen LogP contribution in [0.25, 0.3) is 0 Å². The van der Waals surface area contributed by atoms with Gasteiger partial charge >= 0.3 is 0 Å². The van der Waals surface area contributed by atoms with Crippen molar-refractivity contribution in [3.05, 3.63) is 18.2 Å². The summed E-state index contributed by atoms with van der Waals surface area (Å²) in [6, 6.07) is 0. The molecule has 1 rings (SSSR count). The number of aromatic nitrogens is 2. The maximum atomic E-state index is 4.47. The van der Waals surface area contributed by atoms with Crippen LogP contribution in [0.5, 0.6) is 0 Å². The average Bonchev–Trinajstić information content (AvgIpc) is 2.44. The van der Waals surface area contributed by atoms with Gasteiger partial charge in [0.25, 0.3) is 0 Å². The van der Waals surface area contributed by atoms with E-state index in [0.717, 1.165) is 13.0 Å². The minimum Gasteiger partial charge on any atom is -0.335 e. The molecule has 0 aliphatic heterocycles. The Morgan fingerprint density at radius 1 is 1.06 bits per heavy atom. The van der Waals surface area contributed by atoms with Crippen molar-refractivity contribution >= 4 is 0 Å². The SMILES string of the molecule is CC(C)(C)CCn1ccnc1CC(C)(C)C. The van der Waals surface area contributed by atoms with Gasteiger partial charge in [0.1, 0.15) is 5.82 Å². The Hall–Kier alpha value is -0.790. The second kappa shape index (κ2) is 4.60. The van der Waals surface area contributed by atoms with Crippen LogP contribution in [0.3, 0.4) is 0 Å². The van der Waals surface area contributed by atoms with Crippen LogP contribution in [-0.4, -0.2) is 9.55 Å². The van der Waals surface area contributed by atoms with Gasteiger partial charge in [0.15, 0.2) is 0 Å². The molecule has 1 heterocycles. The molecule has 0 unspecified atom stereocenters. The number of rotatable bonds is 3. The molecular weight excluding hydrogens is 196 g/mol. The van der Waals surface area contributed by atoms with Gasteiger partial charge in [0, 0.05) is 25.4 Å². The summed E-state index contributed by atoms with van der Waals surface area (Å²) in [6.45, 7) is 14.7. The summed E-state index contributed by atoms with van der Waals surface area (Å²) in [7, 11) is 0. The second-order valence-electron chi connectivity index (χ2n) is 7.08. The van der Waals surface area contributed by atoms with Gasteiger partial charge in [0.05, 0.1) is 0 Å². The van der Waals surface area contributed by atoms with Gasteiger partial charge in [0.2, 0.25) is 0 Å². The predicted molar refractivity (Wildman–Crippen MR) is 69.5 cm³/mol. The highest BCUT2D eigenvalue weighted by Crippen LogP contribution is 2.22. The molecule has 1 aromatic rings. The molecule has 0 N–H and O–H groups in total. The largest absolute Gasteiger partial charge is 0.335 e. The number of hydrogen-bond donors (Lipinski definition) is 0. The Bertz CT molecular complexity index is 323. The predicted octanol–water partition coefficient (Wildman–Crippen LogP) is 3.91. The molecule has 0 saturated carbocycles. The Morgan fingerprint density at radius 2 is 1.69 bits per heavy atom. The molecule has 0 spiro atoms. The maximum absolute atomic E-state index is 4.47. The van der Waals surface area contributed by atoms with Gasteiger partial charge in [-0.15, -0.1) is 0 Å². The molecule has 0 amide bonds. The summed E-state index contributed by atoms with van der Waals surface area (Å²) in [6.07, 6.45) is 6.27. The normalized spacial score (nSPS) is 13.1. The Labute approximate surface area is 100 Å². The van der Waals surface area contributed by atoms with Crippen LogP contribution in [0.1, 0.15) is 53.8 Å². The van der Waals surface area contributed by atoms with Gasteiger partial charge in [-0.25, -0.2) is 4.98 Å². The topological polar surface area (TPSA) is 17.8 Å². The minimum absolute atomic E-state index is 0.310. The molecule has 0 aliphatic rings. The average molecular weight is 222 g/mol. The Morgan fingerprint density at radius 3 is 2.19 bits per heavy atom. The van der Waals surface area contributed by atoms with Crippen LogP contribution in [0.2, 0.25) is 0 Å². The van der Waals surface area contributed by atoms with Gasteiger partial charge < -0.3 is 4.57 Å². The van der Waals surface area contributed by atoms with Crippen molar-refractivity contribution in [2.45, 2.75) is 60.9 Å². The summed E-state index contributed by atoms with van der Waals surface area (Å²) in [5.41, 5.74) is 0.702. The summed E-state index contributed by atoms with van der Waals surface area (Å²) < 4.78 is 2.30. The fourth-order valence-electron chi connectivity index (χ4n) is 1.64. The molecule has 2 nitrogen and oxygen atoms in total. The maximum Gasteiger partial charge on any atom is 0.109 e. The third-order valence-electron chi connectivity index (χ3n) is 2.59. The highest BCUT2D eigenvalue weighted by atomic mass is 15.1. The zero-order chi connectivity index (χ0) is 12.4. The first-order chi connectivity index (χ1) is 7.17. The lowest BCUT2D eigenvalue weighted by Crippen LogP contribution is -2.16. The van der Waals surface area contributed by atoms with E-state index in [2.05, 4.69) is 57.3 Å². The molecule has 0 aromatic carbocycles. The summed E-state index contributed by atoms with van der Waals surface area (Å²) in [5.74, 6) is 1.22. The van der Waals surface area contributed by atoms with Crippen molar-refractivity contribution in [3.8, 4) is 0 Å². The zero-order valence-corrected chi connectivity index (χ0v) is 11.7. The van der Waals surface area contributed by atoms with E-state index >= 15 is 0 Å². The fraction of sp³-hybridized carbons (Fsp3) is 0.786. The van der Waals surface area contributed by atoms with Gasteiger partial charge in [-0.3, -0.25) is 0 Å². The molecule has 0 saturated heterocycles. The summed E-state index contributed by atoms with van der Waals surface area (Å²) >= 11 is 0. The Kier molecular flexibility index (Phi) is 3.82. The van der Waals surface area contributed by atoms with Crippen molar-refractivity contribution in [2.75, 3.05) is 0 Å². The summed E-state index contributed by atoms with van der Waals surface area (Å²) in [5, 5.41) is 0. The van der Waals surface area contributed by atoms with Crippen LogP contribution in [0.4, 0.5) is 0 Å². The first-order valence-electron chi connectivity index (χ1n) is 6.17. The monoisotopic (exact) mass is 222 g/mol. The van der Waals surface area contributed by atoms with E-state index in [-0.39, 0.29) is 0 Å². The van der Waals surface area contributed by atoms with E-state index in [9.17, 15) is 0 Å². The molecule has 1 aromatic heterocycles. The van der Waals surface area contributed by atoms with Crippen LogP contribution < -0.4 is 0 Å². The lowest BCUT2D eigenvalue weighted by Gasteiger charge is -2.21. The van der Waals surface area contributed by atoms with Crippen LogP contribution in [-0.2, 0) is 13.0 Å². The van der Waals surface area contributed by atoms with Gasteiger partial charge in [-0.2, -0.15) is 0 Å². The molecule has 0 radical (unpaired) electrons. The van der Waals surface area contributed by atoms with Crippen molar-refractivity contribution in [3.63, 3.8) is 0 Å². The lowest BCUT2D eigenvalue weighted by atomic mass is 9.91. The molecular formula is C14H26N2. The van der Waals surface area contributed by atoms with Gasteiger partial charge in [-0.05, 0) is 17.3 Å². The van der Waals surface area contributed by atoms with Crippen molar-refractivity contribution in [1.82, 2.24) is 9.55 Å². The highest BCUT2D eigenvalue weighted by Gasteiger charge is 2.16. The van der Waals surface area contributed by atoms with Gasteiger partial charge in [-0.1, -0.05) is 41.5 Å². The molecule has 0 bridgehead atoms. The highest BCUT2D eigenvalue weighted by molar-refractivity contribution is 4.95. The third-order valence-corrected chi connectivity index (χ3v) is 2.59. The molecule has 16 heavy (non-hydrogen) atoms. The van der Waals surface area contributed by atoms with Crippen LogP contribution in [0, 0.1) is 10.8 Å². The van der Waals surface area contributed by atoms with Crippen molar-refractivity contribution in [2.24, 2.45) is 10.8 Å². The molecule has 0 atom stereocenters. The first-order valence-corrected chi connectivity index (χ1v) is 6.17. The fourth-order valence-corrected chi connectivity index (χ4v) is 1.64. The lowest BCUT2D eigenvalue weighted by molar-refractivity contribution is 0.338. The Balaban J connectivity index is 2.64. The smallest absolute Gasteiger partial charge is 0.109 e. The third kappa shape index (κ3) is 4.82. The number of imidazole rings is 1. The van der Waals surface area contributed by atoms with E-state index < -0.39 is 0 Å². The standard InChI is InChI=1S/C14H26N2/c1-13(2,3)7-9-16-10-8-15-12(16)11-14(4,5)6/h8,10H,7,9,11H2,1-6H3. The van der Waals surface area contributed by atoms with E-state index in [1.807, 2.05) is 6.20 Å². The van der Waals surface area contributed by atoms with E-state index in [1.54, 1.807) is 0 Å². The summed E-state index contributed by atoms with van der Waals surface area (Å²) in [4.78, 5) is 4.47. The van der Waals surface area contributed by atoms with E-state index in [4.69, 9.17) is 0 Å². The quantitative estimate of drug-likeness (QED) is 0.758. The number of aryl methyl sites for hydroxylation is 1. The van der Waals surface area contributed by atoms with E-state index in [1.165, 1.54) is 12.2 Å². The van der Waals surface area contributed by atoms with Crippen LogP contribution >= 0.6 is 0 Å². The van der Waals surface area contributed by atoms with Crippen molar-refractivity contribution < 1.29 is 0 Å². The first kappa shape index (κ1) is 13.3. The molecule has 0 aliphatic carbocycles. The molecule has 92 valence electrons. The molecule has 0 fully saturated rings. The van der Waals surface area contributed by atoms with Crippen LogP contribution in [0.15, 0.2) is 12.4 Å². The molecule has 2 heteroatoms. The van der Waals surface area contributed by atoms with Crippen molar-refractivity contribution in [1.29, 1.82) is 0 Å². The number of hydrogen-bond acceptors (Lipinski definition) is 1. The van der Waals surface area contributed by atoms with E-state index in [0.29, 0.717) is 10.8 Å². The zero-order valence-electron chi connectivity index (χ0n) is 11.7. The second-order valence-corrected chi connectivity index (χ2v) is 7.08.